The minimum absolute atomic E-state index is 0.488. The summed E-state index contributed by atoms with van der Waals surface area (Å²) >= 11 is 0. The van der Waals surface area contributed by atoms with E-state index in [1.807, 2.05) is 35.0 Å². The Bertz CT molecular complexity index is 803. The summed E-state index contributed by atoms with van der Waals surface area (Å²) < 4.78 is 39.9. The minimum Gasteiger partial charge on any atom is -0.327 e. The fraction of sp³-hybridized carbons (Fsp3) is 0.167. The maximum atomic E-state index is 12.7. The van der Waals surface area contributed by atoms with E-state index in [-0.39, 0.29) is 0 Å². The van der Waals surface area contributed by atoms with Crippen LogP contribution in [0.1, 0.15) is 16.7 Å². The van der Waals surface area contributed by atoms with Crippen LogP contribution >= 0.6 is 0 Å². The van der Waals surface area contributed by atoms with E-state index in [4.69, 9.17) is 5.73 Å². The molecule has 2 aromatic carbocycles. The van der Waals surface area contributed by atoms with Gasteiger partial charge >= 0.3 is 6.18 Å². The van der Waals surface area contributed by atoms with Gasteiger partial charge in [0.2, 0.25) is 0 Å². The van der Waals surface area contributed by atoms with E-state index in [1.54, 1.807) is 6.20 Å². The summed E-state index contributed by atoms with van der Waals surface area (Å²) in [4.78, 5) is 4.27. The Morgan fingerprint density at radius 1 is 0.917 bits per heavy atom. The van der Waals surface area contributed by atoms with Gasteiger partial charge in [-0.2, -0.15) is 13.2 Å². The number of nitrogens with zero attached hydrogens (tertiary/aromatic N) is 2. The molecule has 0 spiro atoms. The van der Waals surface area contributed by atoms with Gasteiger partial charge in [0, 0.05) is 31.0 Å². The Kier molecular flexibility index (Phi) is 4.40. The molecule has 0 atom stereocenters. The van der Waals surface area contributed by atoms with Crippen molar-refractivity contribution >= 4 is 0 Å². The third kappa shape index (κ3) is 3.49. The lowest BCUT2D eigenvalue weighted by Crippen LogP contribution is -2.05. The van der Waals surface area contributed by atoms with Crippen LogP contribution in [-0.2, 0) is 19.3 Å². The standard InChI is InChI=1S/C18H16F3N3/c19-18(20,21)16-7-5-15(6-8-16)17-23-9-10-24(17)12-14-3-1-13(11-22)2-4-14/h1-10H,11-12,22H2. The molecule has 3 aromatic rings. The van der Waals surface area contributed by atoms with Crippen molar-refractivity contribution < 1.29 is 13.2 Å². The summed E-state index contributed by atoms with van der Waals surface area (Å²) in [6, 6.07) is 12.9. The zero-order valence-electron chi connectivity index (χ0n) is 12.8. The van der Waals surface area contributed by atoms with Crippen LogP contribution in [0.2, 0.25) is 0 Å². The SMILES string of the molecule is NCc1ccc(Cn2ccnc2-c2ccc(C(F)(F)F)cc2)cc1. The molecule has 0 unspecified atom stereocenters. The highest BCUT2D eigenvalue weighted by atomic mass is 19.4. The van der Waals surface area contributed by atoms with Crippen molar-refractivity contribution in [2.24, 2.45) is 5.73 Å². The van der Waals surface area contributed by atoms with Gasteiger partial charge in [0.25, 0.3) is 0 Å². The van der Waals surface area contributed by atoms with Crippen LogP contribution in [0.25, 0.3) is 11.4 Å². The molecule has 0 fully saturated rings. The maximum absolute atomic E-state index is 12.7. The third-order valence-corrected chi connectivity index (χ3v) is 3.80. The number of hydrogen-bond acceptors (Lipinski definition) is 2. The molecule has 0 radical (unpaired) electrons. The molecule has 3 nitrogen and oxygen atoms in total. The zero-order valence-corrected chi connectivity index (χ0v) is 12.8. The summed E-state index contributed by atoms with van der Waals surface area (Å²) in [7, 11) is 0. The molecule has 2 N–H and O–H groups in total. The van der Waals surface area contributed by atoms with Crippen LogP contribution in [0, 0.1) is 0 Å². The summed E-state index contributed by atoms with van der Waals surface area (Å²) in [5, 5.41) is 0. The summed E-state index contributed by atoms with van der Waals surface area (Å²) in [5.74, 6) is 0.631. The lowest BCUT2D eigenvalue weighted by molar-refractivity contribution is -0.137. The van der Waals surface area contributed by atoms with Gasteiger partial charge in [-0.15, -0.1) is 0 Å². The fourth-order valence-electron chi connectivity index (χ4n) is 2.48. The first kappa shape index (κ1) is 16.3. The number of imidazole rings is 1. The normalized spacial score (nSPS) is 11.7. The number of hydrogen-bond donors (Lipinski definition) is 1. The first-order valence-corrected chi connectivity index (χ1v) is 7.44. The highest BCUT2D eigenvalue weighted by Crippen LogP contribution is 2.30. The van der Waals surface area contributed by atoms with Crippen molar-refractivity contribution in [1.29, 1.82) is 0 Å². The monoisotopic (exact) mass is 331 g/mol. The molecule has 24 heavy (non-hydrogen) atoms. The smallest absolute Gasteiger partial charge is 0.327 e. The highest BCUT2D eigenvalue weighted by molar-refractivity contribution is 5.56. The van der Waals surface area contributed by atoms with Crippen LogP contribution in [-0.4, -0.2) is 9.55 Å². The second-order valence-electron chi connectivity index (χ2n) is 5.47. The molecule has 0 saturated heterocycles. The van der Waals surface area contributed by atoms with Crippen molar-refractivity contribution in [1.82, 2.24) is 9.55 Å². The van der Waals surface area contributed by atoms with E-state index in [0.29, 0.717) is 24.5 Å². The zero-order chi connectivity index (χ0) is 17.2. The molecule has 124 valence electrons. The van der Waals surface area contributed by atoms with Crippen LogP contribution in [0.3, 0.4) is 0 Å². The molecule has 0 saturated carbocycles. The van der Waals surface area contributed by atoms with Gasteiger partial charge in [-0.3, -0.25) is 0 Å². The molecular formula is C18H16F3N3. The highest BCUT2D eigenvalue weighted by Gasteiger charge is 2.30. The topological polar surface area (TPSA) is 43.8 Å². The van der Waals surface area contributed by atoms with Gasteiger partial charge in [0.05, 0.1) is 5.56 Å². The Labute approximate surface area is 137 Å². The third-order valence-electron chi connectivity index (χ3n) is 3.80. The average molecular weight is 331 g/mol. The van der Waals surface area contributed by atoms with Gasteiger partial charge in [-0.05, 0) is 23.3 Å². The molecule has 0 aliphatic rings. The Morgan fingerprint density at radius 3 is 2.12 bits per heavy atom. The molecule has 1 aromatic heterocycles. The van der Waals surface area contributed by atoms with Gasteiger partial charge in [0.15, 0.2) is 0 Å². The van der Waals surface area contributed by atoms with Crippen molar-refractivity contribution in [3.63, 3.8) is 0 Å². The number of aromatic nitrogens is 2. The van der Waals surface area contributed by atoms with E-state index >= 15 is 0 Å². The minimum atomic E-state index is -4.33. The predicted octanol–water partition coefficient (Wildman–Crippen LogP) is 4.08. The lowest BCUT2D eigenvalue weighted by Gasteiger charge is -2.10. The van der Waals surface area contributed by atoms with Gasteiger partial charge in [-0.25, -0.2) is 4.98 Å². The van der Waals surface area contributed by atoms with E-state index < -0.39 is 11.7 Å². The van der Waals surface area contributed by atoms with E-state index in [1.165, 1.54) is 12.1 Å². The van der Waals surface area contributed by atoms with Gasteiger partial charge in [0.1, 0.15) is 5.82 Å². The van der Waals surface area contributed by atoms with E-state index in [2.05, 4.69) is 4.98 Å². The molecule has 0 bridgehead atoms. The molecule has 6 heteroatoms. The number of rotatable bonds is 4. The molecular weight excluding hydrogens is 315 g/mol. The van der Waals surface area contributed by atoms with Crippen molar-refractivity contribution in [3.05, 3.63) is 77.6 Å². The number of benzene rings is 2. The van der Waals surface area contributed by atoms with Crippen LogP contribution in [0.15, 0.2) is 60.9 Å². The van der Waals surface area contributed by atoms with Crippen molar-refractivity contribution in [2.45, 2.75) is 19.3 Å². The van der Waals surface area contributed by atoms with Crippen molar-refractivity contribution in [2.75, 3.05) is 0 Å². The molecule has 3 rings (SSSR count). The second kappa shape index (κ2) is 6.49. The number of alkyl halides is 3. The van der Waals surface area contributed by atoms with Crippen LogP contribution in [0.5, 0.6) is 0 Å². The second-order valence-corrected chi connectivity index (χ2v) is 5.47. The Morgan fingerprint density at radius 2 is 1.54 bits per heavy atom. The Hall–Kier alpha value is -2.60. The lowest BCUT2D eigenvalue weighted by atomic mass is 10.1. The number of nitrogens with two attached hydrogens (primary N) is 1. The fourth-order valence-corrected chi connectivity index (χ4v) is 2.48. The first-order chi connectivity index (χ1) is 11.5. The van der Waals surface area contributed by atoms with Gasteiger partial charge < -0.3 is 10.3 Å². The molecule has 0 aliphatic carbocycles. The van der Waals surface area contributed by atoms with Gasteiger partial charge in [-0.1, -0.05) is 36.4 Å². The molecule has 0 amide bonds. The number of halogens is 3. The van der Waals surface area contributed by atoms with E-state index in [0.717, 1.165) is 23.3 Å². The van der Waals surface area contributed by atoms with Crippen molar-refractivity contribution in [3.8, 4) is 11.4 Å². The first-order valence-electron chi connectivity index (χ1n) is 7.44. The summed E-state index contributed by atoms with van der Waals surface area (Å²) in [6.45, 7) is 1.07. The summed E-state index contributed by atoms with van der Waals surface area (Å²) in [6.07, 6.45) is -0.885. The van der Waals surface area contributed by atoms with E-state index in [9.17, 15) is 13.2 Å². The van der Waals surface area contributed by atoms with Crippen LogP contribution in [0.4, 0.5) is 13.2 Å². The largest absolute Gasteiger partial charge is 0.416 e. The summed E-state index contributed by atoms with van der Waals surface area (Å²) in [5.41, 5.74) is 7.68. The predicted molar refractivity (Wildman–Crippen MR) is 86.1 cm³/mol. The Balaban J connectivity index is 1.84. The molecule has 1 heterocycles. The maximum Gasteiger partial charge on any atom is 0.416 e. The molecule has 0 aliphatic heterocycles. The quantitative estimate of drug-likeness (QED) is 0.783. The van der Waals surface area contributed by atoms with Crippen LogP contribution < -0.4 is 5.73 Å². The average Bonchev–Trinajstić information content (AvgIpc) is 3.03.